The Hall–Kier alpha value is -4.12. The first-order valence-electron chi connectivity index (χ1n) is 11.5. The first kappa shape index (κ1) is 24.0. The van der Waals surface area contributed by atoms with E-state index in [2.05, 4.69) is 0 Å². The Morgan fingerprint density at radius 3 is 1.69 bits per heavy atom. The number of anilines is 3. The molecule has 0 aromatic heterocycles. The minimum absolute atomic E-state index is 0.0732. The minimum atomic E-state index is 0.0732. The van der Waals surface area contributed by atoms with Crippen molar-refractivity contribution in [3.05, 3.63) is 94.0 Å². The molecule has 5 nitrogen and oxygen atoms in total. The van der Waals surface area contributed by atoms with Gasteiger partial charge in [-0.3, -0.25) is 0 Å². The third kappa shape index (κ3) is 4.50. The number of nitrogens with zero attached hydrogens (tertiary/aromatic N) is 1. The average molecular weight is 470 g/mol. The molecule has 0 radical (unpaired) electrons. The van der Waals surface area contributed by atoms with Gasteiger partial charge >= 0.3 is 0 Å². The fourth-order valence-corrected chi connectivity index (χ4v) is 4.37. The Bertz CT molecular complexity index is 1340. The molecule has 0 spiro atoms. The smallest absolute Gasteiger partial charge is 0.171 e. The Morgan fingerprint density at radius 1 is 0.600 bits per heavy atom. The van der Waals surface area contributed by atoms with E-state index in [4.69, 9.17) is 4.74 Å². The van der Waals surface area contributed by atoms with Crippen LogP contribution in [0.1, 0.15) is 33.4 Å². The van der Waals surface area contributed by atoms with Gasteiger partial charge in [-0.1, -0.05) is 36.4 Å². The summed E-state index contributed by atoms with van der Waals surface area (Å²) in [5.41, 5.74) is 6.80. The van der Waals surface area contributed by atoms with Crippen molar-refractivity contribution in [2.45, 2.75) is 41.5 Å². The standard InChI is InChI=1S/C30H31NO4/c1-17-14-22(6)30(25(32)15-17)35-24-9-7-8-23(16-24)31(26-18(2)10-12-20(4)28(26)33)27-19(3)11-13-21(5)29(27)34/h7-16,32-34H,1-6H3. The quantitative estimate of drug-likeness (QED) is 0.277. The lowest BCUT2D eigenvalue weighted by Gasteiger charge is -2.30. The number of aryl methyl sites for hydroxylation is 6. The molecule has 35 heavy (non-hydrogen) atoms. The van der Waals surface area contributed by atoms with Gasteiger partial charge < -0.3 is 25.0 Å². The van der Waals surface area contributed by atoms with Crippen LogP contribution >= 0.6 is 0 Å². The zero-order valence-corrected chi connectivity index (χ0v) is 21.0. The molecule has 0 amide bonds. The molecule has 0 fully saturated rings. The van der Waals surface area contributed by atoms with Crippen LogP contribution in [0.15, 0.2) is 60.7 Å². The van der Waals surface area contributed by atoms with E-state index in [1.807, 2.05) is 101 Å². The molecule has 0 aliphatic carbocycles. The zero-order valence-electron chi connectivity index (χ0n) is 21.0. The zero-order chi connectivity index (χ0) is 25.4. The summed E-state index contributed by atoms with van der Waals surface area (Å²) in [6.45, 7) is 11.4. The molecule has 0 saturated heterocycles. The van der Waals surface area contributed by atoms with Gasteiger partial charge in [0, 0.05) is 6.07 Å². The van der Waals surface area contributed by atoms with E-state index in [1.165, 1.54) is 0 Å². The van der Waals surface area contributed by atoms with E-state index in [0.29, 0.717) is 28.6 Å². The molecular formula is C30H31NO4. The van der Waals surface area contributed by atoms with Crippen LogP contribution in [0.3, 0.4) is 0 Å². The van der Waals surface area contributed by atoms with E-state index in [0.717, 1.165) is 33.4 Å². The second-order valence-electron chi connectivity index (χ2n) is 9.16. The van der Waals surface area contributed by atoms with Crippen LogP contribution in [0.25, 0.3) is 0 Å². The summed E-state index contributed by atoms with van der Waals surface area (Å²) >= 11 is 0. The lowest BCUT2D eigenvalue weighted by molar-refractivity contribution is 0.408. The van der Waals surface area contributed by atoms with Crippen LogP contribution < -0.4 is 9.64 Å². The molecule has 0 saturated carbocycles. The first-order chi connectivity index (χ1) is 16.6. The molecule has 0 aliphatic rings. The maximum atomic E-state index is 11.1. The summed E-state index contributed by atoms with van der Waals surface area (Å²) in [6.07, 6.45) is 0. The van der Waals surface area contributed by atoms with Crippen molar-refractivity contribution in [1.29, 1.82) is 0 Å². The van der Waals surface area contributed by atoms with Crippen molar-refractivity contribution in [3.63, 3.8) is 0 Å². The van der Waals surface area contributed by atoms with Crippen LogP contribution in [0.4, 0.5) is 17.1 Å². The summed E-state index contributed by atoms with van der Waals surface area (Å²) in [4.78, 5) is 1.87. The molecule has 3 N–H and O–H groups in total. The highest BCUT2D eigenvalue weighted by atomic mass is 16.5. The van der Waals surface area contributed by atoms with E-state index in [1.54, 1.807) is 6.07 Å². The number of phenols is 3. The first-order valence-corrected chi connectivity index (χ1v) is 11.5. The van der Waals surface area contributed by atoms with Gasteiger partial charge in [0.1, 0.15) is 17.2 Å². The molecule has 0 aliphatic heterocycles. The maximum absolute atomic E-state index is 11.1. The molecule has 0 heterocycles. The monoisotopic (exact) mass is 469 g/mol. The van der Waals surface area contributed by atoms with E-state index < -0.39 is 0 Å². The van der Waals surface area contributed by atoms with E-state index in [9.17, 15) is 15.3 Å². The molecule has 5 heteroatoms. The average Bonchev–Trinajstić information content (AvgIpc) is 2.80. The number of aromatic hydroxyl groups is 3. The van der Waals surface area contributed by atoms with Crippen molar-refractivity contribution >= 4 is 17.1 Å². The molecule has 0 unspecified atom stereocenters. The van der Waals surface area contributed by atoms with Crippen LogP contribution in [0, 0.1) is 41.5 Å². The van der Waals surface area contributed by atoms with Gasteiger partial charge in [0.25, 0.3) is 0 Å². The number of rotatable bonds is 5. The number of hydrogen-bond acceptors (Lipinski definition) is 5. The third-order valence-corrected chi connectivity index (χ3v) is 6.25. The largest absolute Gasteiger partial charge is 0.505 e. The van der Waals surface area contributed by atoms with E-state index >= 15 is 0 Å². The second-order valence-corrected chi connectivity index (χ2v) is 9.16. The topological polar surface area (TPSA) is 73.2 Å². The number of phenolic OH excluding ortho intramolecular Hbond substituents is 3. The van der Waals surface area contributed by atoms with Gasteiger partial charge in [0.2, 0.25) is 0 Å². The van der Waals surface area contributed by atoms with Gasteiger partial charge in [0.05, 0.1) is 17.1 Å². The van der Waals surface area contributed by atoms with Crippen molar-refractivity contribution in [3.8, 4) is 28.7 Å². The van der Waals surface area contributed by atoms with Crippen molar-refractivity contribution in [1.82, 2.24) is 0 Å². The predicted molar refractivity (Wildman–Crippen MR) is 141 cm³/mol. The van der Waals surface area contributed by atoms with Gasteiger partial charge in [-0.15, -0.1) is 0 Å². The highest BCUT2D eigenvalue weighted by Crippen LogP contribution is 2.49. The summed E-state index contributed by atoms with van der Waals surface area (Å²) in [6, 6.07) is 18.7. The fraction of sp³-hybridized carbons (Fsp3) is 0.200. The second kappa shape index (κ2) is 9.26. The fourth-order valence-electron chi connectivity index (χ4n) is 4.37. The molecule has 0 atom stereocenters. The van der Waals surface area contributed by atoms with Crippen molar-refractivity contribution in [2.24, 2.45) is 0 Å². The lowest BCUT2D eigenvalue weighted by atomic mass is 10.0. The summed E-state index contributed by atoms with van der Waals surface area (Å²) in [5.74, 6) is 1.27. The molecular weight excluding hydrogens is 438 g/mol. The Labute approximate surface area is 206 Å². The van der Waals surface area contributed by atoms with Gasteiger partial charge in [0.15, 0.2) is 11.5 Å². The lowest BCUT2D eigenvalue weighted by Crippen LogP contribution is -2.14. The van der Waals surface area contributed by atoms with Crippen LogP contribution in [0.5, 0.6) is 28.7 Å². The minimum Gasteiger partial charge on any atom is -0.505 e. The summed E-state index contributed by atoms with van der Waals surface area (Å²) < 4.78 is 6.12. The van der Waals surface area contributed by atoms with Gasteiger partial charge in [-0.25, -0.2) is 0 Å². The summed E-state index contributed by atoms with van der Waals surface area (Å²) in [5, 5.41) is 32.7. The van der Waals surface area contributed by atoms with Crippen molar-refractivity contribution < 1.29 is 20.1 Å². The SMILES string of the molecule is Cc1cc(C)c(Oc2cccc(N(c3c(C)ccc(C)c3O)c3c(C)ccc(C)c3O)c2)c(O)c1. The number of ether oxygens (including phenoxy) is 1. The van der Waals surface area contributed by atoms with Gasteiger partial charge in [-0.2, -0.15) is 0 Å². The highest BCUT2D eigenvalue weighted by molar-refractivity contribution is 5.87. The highest BCUT2D eigenvalue weighted by Gasteiger charge is 2.25. The third-order valence-electron chi connectivity index (χ3n) is 6.25. The normalized spacial score (nSPS) is 10.9. The van der Waals surface area contributed by atoms with Crippen LogP contribution in [-0.4, -0.2) is 15.3 Å². The molecule has 4 aromatic rings. The Balaban J connectivity index is 1.93. The molecule has 4 aromatic carbocycles. The summed E-state index contributed by atoms with van der Waals surface area (Å²) in [7, 11) is 0. The number of benzene rings is 4. The Kier molecular flexibility index (Phi) is 6.35. The maximum Gasteiger partial charge on any atom is 0.171 e. The van der Waals surface area contributed by atoms with Gasteiger partial charge in [-0.05, 0) is 93.1 Å². The molecule has 0 bridgehead atoms. The van der Waals surface area contributed by atoms with Crippen molar-refractivity contribution in [2.75, 3.05) is 4.90 Å². The predicted octanol–water partition coefficient (Wildman–Crippen LogP) is 7.92. The Morgan fingerprint density at radius 2 is 1.14 bits per heavy atom. The van der Waals surface area contributed by atoms with E-state index in [-0.39, 0.29) is 17.2 Å². The number of hydrogen-bond donors (Lipinski definition) is 3. The van der Waals surface area contributed by atoms with Crippen LogP contribution in [0.2, 0.25) is 0 Å². The molecule has 4 rings (SSSR count). The molecule has 180 valence electrons. The van der Waals surface area contributed by atoms with Crippen LogP contribution in [-0.2, 0) is 0 Å².